The fraction of sp³-hybridized carbons (Fsp3) is 0.790. The molecule has 4 N–H and O–H groups in total. The van der Waals surface area contributed by atoms with E-state index in [1.807, 2.05) is 0 Å². The van der Waals surface area contributed by atoms with E-state index in [-0.39, 0.29) is 19.3 Å². The molecule has 0 spiro atoms. The van der Waals surface area contributed by atoms with E-state index in [0.29, 0.717) is 19.3 Å². The largest absolute Gasteiger partial charge is 0.472 e. The lowest BCUT2D eigenvalue weighted by Crippen LogP contribution is -2.30. The van der Waals surface area contributed by atoms with Crippen LogP contribution >= 0.6 is 15.6 Å². The van der Waals surface area contributed by atoms with Crippen LogP contribution in [-0.2, 0) is 55.8 Å². The van der Waals surface area contributed by atoms with E-state index in [1.165, 1.54) is 173 Å². The third-order valence-electron chi connectivity index (χ3n) is 17.1. The van der Waals surface area contributed by atoms with Gasteiger partial charge in [-0.05, 0) is 122 Å². The number of carbonyl (C=O) groups is 3. The fourth-order valence-corrected chi connectivity index (χ4v) is 12.5. The maximum Gasteiger partial charge on any atom is 0.472 e. The summed E-state index contributed by atoms with van der Waals surface area (Å²) >= 11 is 0. The van der Waals surface area contributed by atoms with E-state index in [2.05, 4.69) is 106 Å². The standard InChI is InChI=1S/C81H146O16P2/c1-4-7-10-13-16-19-22-25-27-28-29-30-31-32-33-34-35-36-37-38-39-40-41-42-43-44-45-46-48-51-52-55-58-61-64-67-79(84)91-70-76(82)71-93-98(87,88)94-72-77(83)73-95-99(89,90)96-75-78(97-81(86)69-66-63-60-57-54-49-24-21-18-15-12-9-6-3)74-92-80(85)68-65-62-59-56-53-50-47-26-23-20-17-14-11-8-5-2/h16-17,19-21,24-27,29-30,32-33,47,76-78,82-83H,4-15,18,22-23,28,31,34-46,48-75H2,1-3H3,(H,87,88)(H,89,90)/b19-16-,20-17-,24-21-,27-25-,30-29-,33-32-,47-26-. The summed E-state index contributed by atoms with van der Waals surface area (Å²) < 4.78 is 61.0. The number of aliphatic hydroxyl groups is 2. The zero-order valence-corrected chi connectivity index (χ0v) is 64.7. The molecular weight excluding hydrogens is 1290 g/mol. The van der Waals surface area contributed by atoms with E-state index in [1.54, 1.807) is 0 Å². The molecule has 0 aromatic heterocycles. The number of phosphoric ester groups is 2. The molecule has 0 saturated heterocycles. The van der Waals surface area contributed by atoms with Crippen molar-refractivity contribution in [3.8, 4) is 0 Å². The van der Waals surface area contributed by atoms with Gasteiger partial charge >= 0.3 is 33.6 Å². The van der Waals surface area contributed by atoms with Crippen LogP contribution in [0.4, 0.5) is 0 Å². The minimum absolute atomic E-state index is 0.0935. The van der Waals surface area contributed by atoms with Crippen molar-refractivity contribution in [1.82, 2.24) is 0 Å². The quantitative estimate of drug-likeness (QED) is 0.0146. The van der Waals surface area contributed by atoms with Crippen LogP contribution in [0.3, 0.4) is 0 Å². The van der Waals surface area contributed by atoms with Crippen LogP contribution in [0.5, 0.6) is 0 Å². The van der Waals surface area contributed by atoms with Crippen LogP contribution in [0.1, 0.15) is 355 Å². The van der Waals surface area contributed by atoms with E-state index in [9.17, 15) is 43.5 Å². The van der Waals surface area contributed by atoms with Gasteiger partial charge in [0.1, 0.15) is 25.4 Å². The van der Waals surface area contributed by atoms with Crippen LogP contribution < -0.4 is 0 Å². The number of ether oxygens (including phenoxy) is 3. The molecule has 0 aromatic rings. The van der Waals surface area contributed by atoms with E-state index in [0.717, 1.165) is 122 Å². The average Bonchev–Trinajstić information content (AvgIpc) is 1.09. The number of rotatable bonds is 76. The van der Waals surface area contributed by atoms with Gasteiger partial charge in [-0.25, -0.2) is 9.13 Å². The van der Waals surface area contributed by atoms with Crippen molar-refractivity contribution >= 4 is 33.6 Å². The number of hydrogen-bond donors (Lipinski definition) is 4. The van der Waals surface area contributed by atoms with Crippen molar-refractivity contribution in [1.29, 1.82) is 0 Å². The van der Waals surface area contributed by atoms with Crippen molar-refractivity contribution in [3.05, 3.63) is 85.1 Å². The molecule has 5 unspecified atom stereocenters. The molecule has 5 atom stereocenters. The summed E-state index contributed by atoms with van der Waals surface area (Å²) in [6.07, 6.45) is 83.8. The summed E-state index contributed by atoms with van der Waals surface area (Å²) in [6, 6.07) is 0. The molecule has 0 aliphatic carbocycles. The monoisotopic (exact) mass is 1440 g/mol. The molecule has 0 fully saturated rings. The molecule has 0 aromatic carbocycles. The highest BCUT2D eigenvalue weighted by Gasteiger charge is 2.29. The Morgan fingerprint density at radius 2 is 0.505 bits per heavy atom. The Morgan fingerprint density at radius 1 is 0.283 bits per heavy atom. The first-order valence-electron chi connectivity index (χ1n) is 39.9. The number of phosphoric acid groups is 2. The third kappa shape index (κ3) is 75.7. The summed E-state index contributed by atoms with van der Waals surface area (Å²) in [7, 11) is -9.78. The van der Waals surface area contributed by atoms with E-state index < -0.39 is 91.5 Å². The highest BCUT2D eigenvalue weighted by atomic mass is 31.2. The van der Waals surface area contributed by atoms with Crippen molar-refractivity contribution in [2.75, 3.05) is 39.6 Å². The molecular formula is C81H146O16P2. The summed E-state index contributed by atoms with van der Waals surface area (Å²) in [6.45, 7) is 2.61. The molecule has 0 aliphatic rings. The molecule has 0 amide bonds. The number of allylic oxidation sites excluding steroid dienone is 14. The molecule has 16 nitrogen and oxygen atoms in total. The molecule has 99 heavy (non-hydrogen) atoms. The number of carbonyl (C=O) groups excluding carboxylic acids is 3. The summed E-state index contributed by atoms with van der Waals surface area (Å²) in [5.41, 5.74) is 0. The second kappa shape index (κ2) is 74.4. The zero-order valence-electron chi connectivity index (χ0n) is 62.9. The van der Waals surface area contributed by atoms with Gasteiger partial charge in [-0.3, -0.25) is 32.5 Å². The molecule has 18 heteroatoms. The highest BCUT2D eigenvalue weighted by Crippen LogP contribution is 2.45. The van der Waals surface area contributed by atoms with Crippen molar-refractivity contribution in [3.63, 3.8) is 0 Å². The Hall–Kier alpha value is -3.27. The second-order valence-electron chi connectivity index (χ2n) is 26.9. The molecule has 0 heterocycles. The highest BCUT2D eigenvalue weighted by molar-refractivity contribution is 7.47. The third-order valence-corrected chi connectivity index (χ3v) is 19.0. The topological polar surface area (TPSA) is 231 Å². The summed E-state index contributed by atoms with van der Waals surface area (Å²) in [5, 5.41) is 20.6. The van der Waals surface area contributed by atoms with E-state index >= 15 is 0 Å². The van der Waals surface area contributed by atoms with Crippen LogP contribution in [0.2, 0.25) is 0 Å². The summed E-state index contributed by atoms with van der Waals surface area (Å²) in [5.74, 6) is -1.59. The Morgan fingerprint density at radius 3 is 0.828 bits per heavy atom. The number of unbranched alkanes of at least 4 members (excludes halogenated alkanes) is 39. The van der Waals surface area contributed by atoms with Crippen LogP contribution in [0, 0.1) is 0 Å². The molecule has 0 saturated carbocycles. The lowest BCUT2D eigenvalue weighted by Gasteiger charge is -2.21. The van der Waals surface area contributed by atoms with Crippen molar-refractivity contribution < 1.29 is 75.8 Å². The smallest absolute Gasteiger partial charge is 0.463 e. The number of hydrogen-bond acceptors (Lipinski definition) is 14. The molecule has 576 valence electrons. The van der Waals surface area contributed by atoms with Crippen LogP contribution in [0.15, 0.2) is 85.1 Å². The van der Waals surface area contributed by atoms with Crippen LogP contribution in [0.25, 0.3) is 0 Å². The SMILES string of the molecule is CCCCC/C=C\C/C=C\C/C=C\C/C=C\CCCCCCCCCCCCCCCCCCCCCC(=O)OCC(O)COP(=O)(O)OCC(O)COP(=O)(O)OCC(COC(=O)CCCCCCC/C=C\C/C=C\CCCCC)OC(=O)CCCCCCC/C=C\CCCCCC. The lowest BCUT2D eigenvalue weighted by molar-refractivity contribution is -0.161. The van der Waals surface area contributed by atoms with E-state index in [4.69, 9.17) is 32.3 Å². The molecule has 0 radical (unpaired) electrons. The maximum absolute atomic E-state index is 12.9. The Labute approximate surface area is 604 Å². The normalized spacial score (nSPS) is 14.5. The second-order valence-corrected chi connectivity index (χ2v) is 29.8. The minimum atomic E-state index is -4.93. The van der Waals surface area contributed by atoms with Gasteiger partial charge in [0, 0.05) is 19.3 Å². The molecule has 0 aliphatic heterocycles. The predicted molar refractivity (Wildman–Crippen MR) is 408 cm³/mol. The first-order chi connectivity index (χ1) is 48.2. The van der Waals surface area contributed by atoms with Gasteiger partial charge in [0.05, 0.1) is 26.4 Å². The van der Waals surface area contributed by atoms with Gasteiger partial charge < -0.3 is 34.2 Å². The van der Waals surface area contributed by atoms with Gasteiger partial charge in [-0.15, -0.1) is 0 Å². The average molecular weight is 1440 g/mol. The molecule has 0 bridgehead atoms. The molecule has 0 rings (SSSR count). The Bertz CT molecular complexity index is 2140. The Balaban J connectivity index is 4.31. The number of esters is 3. The predicted octanol–water partition coefficient (Wildman–Crippen LogP) is 23.2. The van der Waals surface area contributed by atoms with Gasteiger partial charge in [0.2, 0.25) is 0 Å². The first kappa shape index (κ1) is 95.7. The lowest BCUT2D eigenvalue weighted by atomic mass is 10.0. The fourth-order valence-electron chi connectivity index (χ4n) is 10.9. The van der Waals surface area contributed by atoms with Gasteiger partial charge in [0.25, 0.3) is 0 Å². The zero-order chi connectivity index (χ0) is 72.3. The van der Waals surface area contributed by atoms with Gasteiger partial charge in [-0.1, -0.05) is 298 Å². The maximum atomic E-state index is 12.9. The number of aliphatic hydroxyl groups excluding tert-OH is 2. The van der Waals surface area contributed by atoms with Crippen molar-refractivity contribution in [2.45, 2.75) is 373 Å². The van der Waals surface area contributed by atoms with Gasteiger partial charge in [-0.2, -0.15) is 0 Å². The first-order valence-corrected chi connectivity index (χ1v) is 42.9. The van der Waals surface area contributed by atoms with Gasteiger partial charge in [0.15, 0.2) is 6.10 Å². The minimum Gasteiger partial charge on any atom is -0.463 e. The van der Waals surface area contributed by atoms with Crippen molar-refractivity contribution in [2.24, 2.45) is 0 Å². The summed E-state index contributed by atoms with van der Waals surface area (Å²) in [4.78, 5) is 58.5. The van der Waals surface area contributed by atoms with Crippen LogP contribution in [-0.4, -0.2) is 95.9 Å². The Kier molecular flexibility index (Phi) is 72.0.